The highest BCUT2D eigenvalue weighted by Crippen LogP contribution is 2.22. The van der Waals surface area contributed by atoms with Crippen molar-refractivity contribution < 1.29 is 4.74 Å². The molecular formula is C14H22N2O. The Morgan fingerprint density at radius 3 is 2.94 bits per heavy atom. The van der Waals surface area contributed by atoms with E-state index in [1.165, 1.54) is 24.1 Å². The van der Waals surface area contributed by atoms with Crippen molar-refractivity contribution in [2.45, 2.75) is 45.6 Å². The first-order valence-corrected chi connectivity index (χ1v) is 6.47. The van der Waals surface area contributed by atoms with E-state index in [0.717, 1.165) is 25.4 Å². The summed E-state index contributed by atoms with van der Waals surface area (Å²) in [5.74, 6) is 0.971. The van der Waals surface area contributed by atoms with Gasteiger partial charge in [-0.2, -0.15) is 0 Å². The lowest BCUT2D eigenvalue weighted by molar-refractivity contribution is 0.000640. The largest absolute Gasteiger partial charge is 0.374 e. The number of pyridine rings is 1. The summed E-state index contributed by atoms with van der Waals surface area (Å²) in [6.07, 6.45) is 3.56. The van der Waals surface area contributed by atoms with Gasteiger partial charge in [-0.1, -0.05) is 6.07 Å². The maximum atomic E-state index is 5.65. The fourth-order valence-corrected chi connectivity index (χ4v) is 2.26. The molecule has 1 heterocycles. The van der Waals surface area contributed by atoms with E-state index in [1.54, 1.807) is 0 Å². The molecular weight excluding hydrogens is 212 g/mol. The summed E-state index contributed by atoms with van der Waals surface area (Å²) in [5, 5.41) is 3.36. The zero-order valence-corrected chi connectivity index (χ0v) is 11.0. The maximum Gasteiger partial charge on any atom is 0.126 e. The molecule has 3 nitrogen and oxygen atoms in total. The predicted molar refractivity (Wildman–Crippen MR) is 70.5 cm³/mol. The summed E-state index contributed by atoms with van der Waals surface area (Å²) in [7, 11) is 0. The van der Waals surface area contributed by atoms with Crippen molar-refractivity contribution in [3.05, 3.63) is 23.4 Å². The van der Waals surface area contributed by atoms with Gasteiger partial charge in [-0.15, -0.1) is 0 Å². The summed E-state index contributed by atoms with van der Waals surface area (Å²) in [6.45, 7) is 7.74. The minimum atomic E-state index is -0.143. The quantitative estimate of drug-likeness (QED) is 0.850. The maximum absolute atomic E-state index is 5.65. The molecule has 3 heteroatoms. The Balaban J connectivity index is 1.95. The van der Waals surface area contributed by atoms with Gasteiger partial charge in [0.15, 0.2) is 0 Å². The van der Waals surface area contributed by atoms with Crippen molar-refractivity contribution in [1.82, 2.24) is 4.98 Å². The van der Waals surface area contributed by atoms with Gasteiger partial charge in [0, 0.05) is 18.8 Å². The summed E-state index contributed by atoms with van der Waals surface area (Å²) < 4.78 is 5.65. The Hall–Kier alpha value is -1.09. The van der Waals surface area contributed by atoms with E-state index in [1.807, 2.05) is 6.92 Å². The average molecular weight is 234 g/mol. The molecule has 2 rings (SSSR count). The second-order valence-corrected chi connectivity index (χ2v) is 5.20. The van der Waals surface area contributed by atoms with Crippen LogP contribution in [0.1, 0.15) is 38.4 Å². The highest BCUT2D eigenvalue weighted by molar-refractivity contribution is 5.40. The molecule has 0 saturated heterocycles. The zero-order valence-electron chi connectivity index (χ0n) is 11.0. The van der Waals surface area contributed by atoms with Crippen LogP contribution in [0.4, 0.5) is 5.82 Å². The van der Waals surface area contributed by atoms with Crippen molar-refractivity contribution in [1.29, 1.82) is 0 Å². The molecule has 1 aliphatic rings. The van der Waals surface area contributed by atoms with E-state index < -0.39 is 0 Å². The fraction of sp³-hybridized carbons (Fsp3) is 0.643. The van der Waals surface area contributed by atoms with Gasteiger partial charge in [0.25, 0.3) is 0 Å². The lowest BCUT2D eigenvalue weighted by Crippen LogP contribution is -2.33. The molecule has 0 saturated carbocycles. The zero-order chi connectivity index (χ0) is 12.3. The number of aromatic nitrogens is 1. The minimum absolute atomic E-state index is 0.143. The molecule has 0 atom stereocenters. The molecule has 0 amide bonds. The Morgan fingerprint density at radius 2 is 2.18 bits per heavy atom. The topological polar surface area (TPSA) is 34.1 Å². The molecule has 1 aliphatic carbocycles. The first kappa shape index (κ1) is 12.4. The number of anilines is 1. The van der Waals surface area contributed by atoms with Gasteiger partial charge in [-0.05, 0) is 51.7 Å². The molecule has 0 radical (unpaired) electrons. The van der Waals surface area contributed by atoms with Crippen LogP contribution in [0.15, 0.2) is 12.1 Å². The Bertz CT molecular complexity index is 388. The number of hydrogen-bond donors (Lipinski definition) is 1. The van der Waals surface area contributed by atoms with E-state index in [-0.39, 0.29) is 5.60 Å². The SMILES string of the molecule is CCOC(C)(C)CNc1ccc2c(n1)CCC2. The highest BCUT2D eigenvalue weighted by atomic mass is 16.5. The highest BCUT2D eigenvalue weighted by Gasteiger charge is 2.18. The van der Waals surface area contributed by atoms with Crippen molar-refractivity contribution in [2.24, 2.45) is 0 Å². The smallest absolute Gasteiger partial charge is 0.126 e. The lowest BCUT2D eigenvalue weighted by Gasteiger charge is -2.25. The molecule has 0 aromatic carbocycles. The number of aryl methyl sites for hydroxylation is 2. The van der Waals surface area contributed by atoms with Gasteiger partial charge in [-0.25, -0.2) is 4.98 Å². The molecule has 0 unspecified atom stereocenters. The first-order chi connectivity index (χ1) is 8.11. The summed E-state index contributed by atoms with van der Waals surface area (Å²) in [5.41, 5.74) is 2.54. The normalized spacial score (nSPS) is 14.8. The third-order valence-corrected chi connectivity index (χ3v) is 3.16. The number of rotatable bonds is 5. The van der Waals surface area contributed by atoms with Gasteiger partial charge in [0.2, 0.25) is 0 Å². The van der Waals surface area contributed by atoms with Crippen LogP contribution in [-0.2, 0) is 17.6 Å². The standard InChI is InChI=1S/C14H22N2O/c1-4-17-14(2,3)10-15-13-9-8-11-6-5-7-12(11)16-13/h8-9H,4-7,10H2,1-3H3,(H,15,16). The van der Waals surface area contributed by atoms with Gasteiger partial charge in [0.1, 0.15) is 5.82 Å². The molecule has 1 aromatic heterocycles. The van der Waals surface area contributed by atoms with Crippen LogP contribution in [0.2, 0.25) is 0 Å². The number of hydrogen-bond acceptors (Lipinski definition) is 3. The van der Waals surface area contributed by atoms with E-state index in [9.17, 15) is 0 Å². The molecule has 1 aromatic rings. The van der Waals surface area contributed by atoms with Gasteiger partial charge < -0.3 is 10.1 Å². The van der Waals surface area contributed by atoms with Crippen LogP contribution in [0.25, 0.3) is 0 Å². The Kier molecular flexibility index (Phi) is 3.67. The van der Waals surface area contributed by atoms with Crippen LogP contribution < -0.4 is 5.32 Å². The Morgan fingerprint density at radius 1 is 1.35 bits per heavy atom. The van der Waals surface area contributed by atoms with Crippen LogP contribution >= 0.6 is 0 Å². The molecule has 94 valence electrons. The predicted octanol–water partition coefficient (Wildman–Crippen LogP) is 2.80. The summed E-state index contributed by atoms with van der Waals surface area (Å²) in [6, 6.07) is 4.28. The molecule has 0 bridgehead atoms. The summed E-state index contributed by atoms with van der Waals surface area (Å²) >= 11 is 0. The van der Waals surface area contributed by atoms with Crippen LogP contribution in [0.3, 0.4) is 0 Å². The minimum Gasteiger partial charge on any atom is -0.374 e. The van der Waals surface area contributed by atoms with E-state index in [2.05, 4.69) is 36.3 Å². The van der Waals surface area contributed by atoms with Crippen LogP contribution in [-0.4, -0.2) is 23.7 Å². The first-order valence-electron chi connectivity index (χ1n) is 6.47. The molecule has 17 heavy (non-hydrogen) atoms. The van der Waals surface area contributed by atoms with Crippen molar-refractivity contribution >= 4 is 5.82 Å². The summed E-state index contributed by atoms with van der Waals surface area (Å²) in [4.78, 5) is 4.65. The van der Waals surface area contributed by atoms with Crippen molar-refractivity contribution in [2.75, 3.05) is 18.5 Å². The monoisotopic (exact) mass is 234 g/mol. The van der Waals surface area contributed by atoms with E-state index in [4.69, 9.17) is 4.74 Å². The van der Waals surface area contributed by atoms with E-state index >= 15 is 0 Å². The van der Waals surface area contributed by atoms with Crippen molar-refractivity contribution in [3.63, 3.8) is 0 Å². The number of nitrogens with zero attached hydrogens (tertiary/aromatic N) is 1. The molecule has 0 spiro atoms. The van der Waals surface area contributed by atoms with Crippen molar-refractivity contribution in [3.8, 4) is 0 Å². The number of ether oxygens (including phenoxy) is 1. The lowest BCUT2D eigenvalue weighted by atomic mass is 10.1. The third kappa shape index (κ3) is 3.19. The second kappa shape index (κ2) is 5.05. The molecule has 0 aliphatic heterocycles. The van der Waals surface area contributed by atoms with Crippen LogP contribution in [0.5, 0.6) is 0 Å². The van der Waals surface area contributed by atoms with Gasteiger partial charge in [0.05, 0.1) is 5.60 Å². The number of fused-ring (bicyclic) bond motifs is 1. The average Bonchev–Trinajstić information content (AvgIpc) is 2.73. The van der Waals surface area contributed by atoms with Gasteiger partial charge in [-0.3, -0.25) is 0 Å². The van der Waals surface area contributed by atoms with Gasteiger partial charge >= 0.3 is 0 Å². The second-order valence-electron chi connectivity index (χ2n) is 5.20. The third-order valence-electron chi connectivity index (χ3n) is 3.16. The van der Waals surface area contributed by atoms with E-state index in [0.29, 0.717) is 0 Å². The number of nitrogens with one attached hydrogen (secondary N) is 1. The van der Waals surface area contributed by atoms with Crippen LogP contribution in [0, 0.1) is 0 Å². The molecule has 0 fully saturated rings. The molecule has 1 N–H and O–H groups in total. The Labute approximate surface area is 104 Å². The fourth-order valence-electron chi connectivity index (χ4n) is 2.26.